The van der Waals surface area contributed by atoms with E-state index >= 15 is 0 Å². The third kappa shape index (κ3) is 4.99. The molecule has 2 aromatic rings. The molecule has 21 heavy (non-hydrogen) atoms. The van der Waals surface area contributed by atoms with Crippen molar-refractivity contribution in [3.8, 4) is 0 Å². The first-order valence-corrected chi connectivity index (χ1v) is 10.8. The van der Waals surface area contributed by atoms with Gasteiger partial charge in [0, 0.05) is 5.92 Å². The summed E-state index contributed by atoms with van der Waals surface area (Å²) in [6, 6.07) is 22.0. The molecule has 0 fully saturated rings. The number of hydrogen-bond donors (Lipinski definition) is 1. The number of hydrogen-bond acceptors (Lipinski definition) is 1. The van der Waals surface area contributed by atoms with Crippen LogP contribution in [-0.2, 0) is 6.04 Å². The van der Waals surface area contributed by atoms with Crippen molar-refractivity contribution < 1.29 is 5.11 Å². The van der Waals surface area contributed by atoms with Gasteiger partial charge < -0.3 is 5.11 Å². The van der Waals surface area contributed by atoms with E-state index in [0.29, 0.717) is 0 Å². The fourth-order valence-electron chi connectivity index (χ4n) is 2.54. The summed E-state index contributed by atoms with van der Waals surface area (Å²) in [6.45, 7) is 4.90. The van der Waals surface area contributed by atoms with Crippen molar-refractivity contribution in [1.82, 2.24) is 0 Å². The molecule has 0 aromatic heterocycles. The van der Waals surface area contributed by atoms with Gasteiger partial charge in [-0.2, -0.15) is 0 Å². The Balaban J connectivity index is 2.07. The second-order valence-electron chi connectivity index (χ2n) is 6.21. The van der Waals surface area contributed by atoms with Crippen LogP contribution in [0, 0.1) is 0 Å². The lowest BCUT2D eigenvalue weighted by Crippen LogP contribution is -2.27. The minimum absolute atomic E-state index is 0.105. The molecule has 0 heterocycles. The lowest BCUT2D eigenvalue weighted by molar-refractivity contribution is 0.283. The number of aliphatic hydroxyl groups excluding tert-OH is 1. The van der Waals surface area contributed by atoms with Crippen molar-refractivity contribution in [3.05, 3.63) is 83.6 Å². The maximum absolute atomic E-state index is 9.63. The Morgan fingerprint density at radius 1 is 0.952 bits per heavy atom. The molecule has 0 saturated heterocycles. The lowest BCUT2D eigenvalue weighted by atomic mass is 10.0. The van der Waals surface area contributed by atoms with Crippen LogP contribution >= 0.6 is 0 Å². The molecule has 0 aliphatic rings. The Labute approximate surface area is 129 Å². The first kappa shape index (κ1) is 15.7. The smallest absolute Gasteiger partial charge is 0.0756 e. The van der Waals surface area contributed by atoms with Crippen molar-refractivity contribution in [1.29, 1.82) is 0 Å². The fourth-order valence-corrected chi connectivity index (χ4v) is 4.69. The van der Waals surface area contributed by atoms with Gasteiger partial charge in [-0.25, -0.2) is 0 Å². The standard InChI is InChI=1S/C19H24OSi/c1-21(2,16-17-9-5-3-6-10-17)14-13-19(15-20)18-11-7-4-8-12-18/h3-14,19-20H,15-16H2,1-2H3/b14-13-. The molecule has 0 amide bonds. The van der Waals surface area contributed by atoms with Gasteiger partial charge in [0.15, 0.2) is 0 Å². The Kier molecular flexibility index (Phi) is 5.54. The summed E-state index contributed by atoms with van der Waals surface area (Å²) < 4.78 is 0. The van der Waals surface area contributed by atoms with Gasteiger partial charge in [0.25, 0.3) is 0 Å². The minimum atomic E-state index is -1.45. The van der Waals surface area contributed by atoms with Crippen molar-refractivity contribution in [2.24, 2.45) is 0 Å². The highest BCUT2D eigenvalue weighted by atomic mass is 28.3. The summed E-state index contributed by atoms with van der Waals surface area (Å²) in [4.78, 5) is 0. The zero-order chi connectivity index (χ0) is 15.1. The molecule has 0 aliphatic carbocycles. The third-order valence-electron chi connectivity index (χ3n) is 3.71. The van der Waals surface area contributed by atoms with Crippen LogP contribution in [0.5, 0.6) is 0 Å². The summed E-state index contributed by atoms with van der Waals surface area (Å²) >= 11 is 0. The first-order valence-electron chi connectivity index (χ1n) is 7.50. The summed E-state index contributed by atoms with van der Waals surface area (Å²) in [5.41, 5.74) is 4.95. The molecule has 0 aliphatic heterocycles. The van der Waals surface area contributed by atoms with Crippen molar-refractivity contribution in [3.63, 3.8) is 0 Å². The molecular weight excluding hydrogens is 272 g/mol. The molecule has 2 rings (SSSR count). The summed E-state index contributed by atoms with van der Waals surface area (Å²) in [6.07, 6.45) is 2.20. The van der Waals surface area contributed by atoms with E-state index < -0.39 is 8.07 Å². The molecule has 1 N–H and O–H groups in total. The van der Waals surface area contributed by atoms with Crippen LogP contribution in [0.25, 0.3) is 0 Å². The molecule has 110 valence electrons. The van der Waals surface area contributed by atoms with Gasteiger partial charge in [-0.3, -0.25) is 0 Å². The monoisotopic (exact) mass is 296 g/mol. The predicted octanol–water partition coefficient (Wildman–Crippen LogP) is 4.35. The van der Waals surface area contributed by atoms with Gasteiger partial charge in [-0.15, -0.1) is 0 Å². The van der Waals surface area contributed by atoms with Crippen LogP contribution in [0.3, 0.4) is 0 Å². The number of benzene rings is 2. The molecule has 0 saturated carbocycles. The van der Waals surface area contributed by atoms with Gasteiger partial charge >= 0.3 is 0 Å². The first-order chi connectivity index (χ1) is 10.1. The van der Waals surface area contributed by atoms with Gasteiger partial charge in [-0.1, -0.05) is 91.1 Å². The highest BCUT2D eigenvalue weighted by Crippen LogP contribution is 2.19. The minimum Gasteiger partial charge on any atom is -0.395 e. The Hall–Kier alpha value is -1.64. The summed E-state index contributed by atoms with van der Waals surface area (Å²) in [7, 11) is -1.45. The fraction of sp³-hybridized carbons (Fsp3) is 0.263. The second-order valence-corrected chi connectivity index (χ2v) is 10.9. The van der Waals surface area contributed by atoms with Crippen molar-refractivity contribution in [2.75, 3.05) is 6.61 Å². The summed E-state index contributed by atoms with van der Waals surface area (Å²) in [5, 5.41) is 9.63. The predicted molar refractivity (Wildman–Crippen MR) is 93.0 cm³/mol. The third-order valence-corrected chi connectivity index (χ3v) is 6.12. The van der Waals surface area contributed by atoms with Crippen molar-refractivity contribution in [2.45, 2.75) is 25.1 Å². The van der Waals surface area contributed by atoms with Gasteiger partial charge in [0.1, 0.15) is 0 Å². The Bertz CT molecular complexity index is 561. The average molecular weight is 296 g/mol. The molecule has 1 atom stereocenters. The Morgan fingerprint density at radius 3 is 2.10 bits per heavy atom. The normalized spacial score (nSPS) is 13.5. The maximum Gasteiger partial charge on any atom is 0.0756 e. The van der Waals surface area contributed by atoms with E-state index in [9.17, 15) is 5.11 Å². The van der Waals surface area contributed by atoms with Gasteiger partial charge in [0.2, 0.25) is 0 Å². The van der Waals surface area contributed by atoms with E-state index in [4.69, 9.17) is 0 Å². The highest BCUT2D eigenvalue weighted by Gasteiger charge is 2.18. The Morgan fingerprint density at radius 2 is 1.52 bits per heavy atom. The van der Waals surface area contributed by atoms with Crippen LogP contribution in [0.4, 0.5) is 0 Å². The zero-order valence-corrected chi connectivity index (χ0v) is 13.9. The molecular formula is C19H24OSi. The average Bonchev–Trinajstić information content (AvgIpc) is 2.49. The quantitative estimate of drug-likeness (QED) is 0.786. The molecule has 0 spiro atoms. The van der Waals surface area contributed by atoms with E-state index in [2.05, 4.69) is 67.3 Å². The number of aliphatic hydroxyl groups is 1. The zero-order valence-electron chi connectivity index (χ0n) is 12.9. The molecule has 1 nitrogen and oxygen atoms in total. The van der Waals surface area contributed by atoms with Crippen LogP contribution < -0.4 is 0 Å². The van der Waals surface area contributed by atoms with Crippen LogP contribution in [0.15, 0.2) is 72.4 Å². The van der Waals surface area contributed by atoms with E-state index in [1.807, 2.05) is 18.2 Å². The van der Waals surface area contributed by atoms with Gasteiger partial charge in [-0.05, 0) is 11.6 Å². The highest BCUT2D eigenvalue weighted by molar-refractivity contribution is 6.81. The SMILES string of the molecule is C[Si](C)(/C=C\C(CO)c1ccccc1)Cc1ccccc1. The molecule has 0 radical (unpaired) electrons. The molecule has 2 heteroatoms. The molecule has 1 unspecified atom stereocenters. The number of rotatable bonds is 6. The largest absolute Gasteiger partial charge is 0.395 e. The van der Waals surface area contributed by atoms with Gasteiger partial charge in [0.05, 0.1) is 14.7 Å². The molecule has 0 bridgehead atoms. The van der Waals surface area contributed by atoms with E-state index in [1.165, 1.54) is 11.1 Å². The van der Waals surface area contributed by atoms with Crippen LogP contribution in [0.1, 0.15) is 17.0 Å². The van der Waals surface area contributed by atoms with Crippen LogP contribution in [0.2, 0.25) is 13.1 Å². The van der Waals surface area contributed by atoms with Crippen LogP contribution in [-0.4, -0.2) is 19.8 Å². The lowest BCUT2D eigenvalue weighted by Gasteiger charge is -2.19. The summed E-state index contributed by atoms with van der Waals surface area (Å²) in [5.74, 6) is 0.105. The maximum atomic E-state index is 9.63. The topological polar surface area (TPSA) is 20.2 Å². The van der Waals surface area contributed by atoms with Crippen molar-refractivity contribution >= 4 is 8.07 Å². The molecule has 2 aromatic carbocycles. The van der Waals surface area contributed by atoms with E-state index in [1.54, 1.807) is 0 Å². The van der Waals surface area contributed by atoms with E-state index in [0.717, 1.165) is 6.04 Å². The second kappa shape index (κ2) is 7.39. The van der Waals surface area contributed by atoms with E-state index in [-0.39, 0.29) is 12.5 Å².